The highest BCUT2D eigenvalue weighted by atomic mass is 32.1. The van der Waals surface area contributed by atoms with Gasteiger partial charge in [0.25, 0.3) is 11.6 Å². The SMILES string of the molecule is COC(=O)c1ccc(-c2csc(NC(=O)c3ccc(N4CCOCC4)c([N+](=O)[O-])c3)n2)cc1. The van der Waals surface area contributed by atoms with Crippen LogP contribution in [-0.4, -0.2) is 55.2 Å². The quantitative estimate of drug-likeness (QED) is 0.331. The molecular weight excluding hydrogens is 448 g/mol. The molecule has 0 atom stereocenters. The number of thiazole rings is 1. The van der Waals surface area contributed by atoms with Crippen LogP contribution >= 0.6 is 11.3 Å². The van der Waals surface area contributed by atoms with Gasteiger partial charge in [0.05, 0.1) is 36.5 Å². The smallest absolute Gasteiger partial charge is 0.337 e. The van der Waals surface area contributed by atoms with Crippen LogP contribution in [0.15, 0.2) is 47.8 Å². The molecule has 0 saturated carbocycles. The van der Waals surface area contributed by atoms with Gasteiger partial charge in [0.15, 0.2) is 5.13 Å². The molecule has 170 valence electrons. The lowest BCUT2D eigenvalue weighted by Crippen LogP contribution is -2.36. The van der Waals surface area contributed by atoms with Gasteiger partial charge in [0, 0.05) is 35.7 Å². The average molecular weight is 468 g/mol. The molecule has 1 N–H and O–H groups in total. The summed E-state index contributed by atoms with van der Waals surface area (Å²) in [6.45, 7) is 2.10. The first-order valence-electron chi connectivity index (χ1n) is 10.0. The van der Waals surface area contributed by atoms with Crippen LogP contribution in [0.3, 0.4) is 0 Å². The predicted molar refractivity (Wildman–Crippen MR) is 123 cm³/mol. The van der Waals surface area contributed by atoms with E-state index in [2.05, 4.69) is 15.0 Å². The van der Waals surface area contributed by atoms with Crippen molar-refractivity contribution in [2.45, 2.75) is 0 Å². The van der Waals surface area contributed by atoms with E-state index in [4.69, 9.17) is 4.74 Å². The number of nitro benzene ring substituents is 1. The summed E-state index contributed by atoms with van der Waals surface area (Å²) in [5, 5.41) is 16.4. The maximum atomic E-state index is 12.7. The predicted octanol–water partition coefficient (Wildman–Crippen LogP) is 3.59. The zero-order chi connectivity index (χ0) is 23.4. The van der Waals surface area contributed by atoms with Gasteiger partial charge in [-0.25, -0.2) is 9.78 Å². The molecule has 1 aliphatic heterocycles. The molecule has 2 heterocycles. The molecule has 10 nitrogen and oxygen atoms in total. The van der Waals surface area contributed by atoms with E-state index in [9.17, 15) is 19.7 Å². The molecule has 1 aromatic heterocycles. The largest absolute Gasteiger partial charge is 0.465 e. The second-order valence-electron chi connectivity index (χ2n) is 7.12. The van der Waals surface area contributed by atoms with E-state index in [0.29, 0.717) is 48.4 Å². The molecule has 0 unspecified atom stereocenters. The van der Waals surface area contributed by atoms with Crippen LogP contribution in [0.2, 0.25) is 0 Å². The lowest BCUT2D eigenvalue weighted by atomic mass is 10.1. The maximum Gasteiger partial charge on any atom is 0.337 e. The number of carbonyl (C=O) groups excluding carboxylic acids is 2. The third-order valence-corrected chi connectivity index (χ3v) is 5.87. The van der Waals surface area contributed by atoms with Crippen molar-refractivity contribution in [3.05, 3.63) is 69.1 Å². The summed E-state index contributed by atoms with van der Waals surface area (Å²) >= 11 is 1.23. The minimum absolute atomic E-state index is 0.130. The number of rotatable bonds is 6. The molecule has 33 heavy (non-hydrogen) atoms. The molecule has 1 aliphatic rings. The van der Waals surface area contributed by atoms with Gasteiger partial charge >= 0.3 is 5.97 Å². The van der Waals surface area contributed by atoms with Gasteiger partial charge in [0.2, 0.25) is 0 Å². The molecule has 0 spiro atoms. The third-order valence-electron chi connectivity index (χ3n) is 5.11. The molecule has 4 rings (SSSR count). The second kappa shape index (κ2) is 9.76. The molecule has 3 aromatic rings. The van der Waals surface area contributed by atoms with Gasteiger partial charge < -0.3 is 14.4 Å². The van der Waals surface area contributed by atoms with Crippen LogP contribution in [0.25, 0.3) is 11.3 Å². The highest BCUT2D eigenvalue weighted by molar-refractivity contribution is 7.14. The number of esters is 1. The van der Waals surface area contributed by atoms with Gasteiger partial charge in [-0.2, -0.15) is 0 Å². The minimum atomic E-state index is -0.492. The fourth-order valence-corrected chi connectivity index (χ4v) is 4.13. The summed E-state index contributed by atoms with van der Waals surface area (Å²) in [6, 6.07) is 11.2. The average Bonchev–Trinajstić information content (AvgIpc) is 3.32. The normalized spacial score (nSPS) is 13.4. The number of amides is 1. The fraction of sp³-hybridized carbons (Fsp3) is 0.227. The lowest BCUT2D eigenvalue weighted by Gasteiger charge is -2.28. The van der Waals surface area contributed by atoms with Crippen molar-refractivity contribution < 1.29 is 24.0 Å². The van der Waals surface area contributed by atoms with Crippen LogP contribution in [-0.2, 0) is 9.47 Å². The standard InChI is InChI=1S/C22H20N4O6S/c1-31-21(28)15-4-2-14(3-5-15)17-13-33-22(23-17)24-20(27)16-6-7-18(19(12-16)26(29)30)25-8-10-32-11-9-25/h2-7,12-13H,8-11H2,1H3,(H,23,24,27). The Morgan fingerprint density at radius 3 is 2.52 bits per heavy atom. The molecular formula is C22H20N4O6S. The first-order valence-corrected chi connectivity index (χ1v) is 10.9. The van der Waals surface area contributed by atoms with E-state index in [1.54, 1.807) is 41.8 Å². The van der Waals surface area contributed by atoms with E-state index >= 15 is 0 Å². The minimum Gasteiger partial charge on any atom is -0.465 e. The Hall–Kier alpha value is -3.83. The number of nitrogens with zero attached hydrogens (tertiary/aromatic N) is 3. The molecule has 2 aromatic carbocycles. The number of aromatic nitrogens is 1. The van der Waals surface area contributed by atoms with E-state index < -0.39 is 16.8 Å². The zero-order valence-corrected chi connectivity index (χ0v) is 18.5. The van der Waals surface area contributed by atoms with Crippen molar-refractivity contribution in [1.82, 2.24) is 4.98 Å². The summed E-state index contributed by atoms with van der Waals surface area (Å²) in [4.78, 5) is 41.7. The van der Waals surface area contributed by atoms with Crippen molar-refractivity contribution in [2.75, 3.05) is 43.6 Å². The number of carbonyl (C=O) groups is 2. The number of methoxy groups -OCH3 is 1. The van der Waals surface area contributed by atoms with Gasteiger partial charge in [0.1, 0.15) is 5.69 Å². The summed E-state index contributed by atoms with van der Waals surface area (Å²) < 4.78 is 9.99. The Bertz CT molecular complexity index is 1190. The number of anilines is 2. The number of benzene rings is 2. The lowest BCUT2D eigenvalue weighted by molar-refractivity contribution is -0.384. The van der Waals surface area contributed by atoms with Crippen LogP contribution in [0.1, 0.15) is 20.7 Å². The third kappa shape index (κ3) is 4.99. The molecule has 1 fully saturated rings. The van der Waals surface area contributed by atoms with Crippen molar-refractivity contribution >= 4 is 39.7 Å². The number of ether oxygens (including phenoxy) is 2. The van der Waals surface area contributed by atoms with Gasteiger partial charge in [-0.3, -0.25) is 20.2 Å². The van der Waals surface area contributed by atoms with Crippen molar-refractivity contribution in [1.29, 1.82) is 0 Å². The molecule has 0 aliphatic carbocycles. The van der Waals surface area contributed by atoms with Crippen molar-refractivity contribution in [2.24, 2.45) is 0 Å². The second-order valence-corrected chi connectivity index (χ2v) is 7.98. The zero-order valence-electron chi connectivity index (χ0n) is 17.6. The van der Waals surface area contributed by atoms with Crippen LogP contribution < -0.4 is 10.2 Å². The Morgan fingerprint density at radius 2 is 1.85 bits per heavy atom. The van der Waals surface area contributed by atoms with E-state index in [1.165, 1.54) is 24.5 Å². The van der Waals surface area contributed by atoms with E-state index in [-0.39, 0.29) is 11.3 Å². The number of hydrogen-bond donors (Lipinski definition) is 1. The Morgan fingerprint density at radius 1 is 1.15 bits per heavy atom. The highest BCUT2D eigenvalue weighted by Gasteiger charge is 2.23. The summed E-state index contributed by atoms with van der Waals surface area (Å²) in [6.07, 6.45) is 0. The molecule has 1 amide bonds. The first-order chi connectivity index (χ1) is 16.0. The van der Waals surface area contributed by atoms with E-state index in [1.807, 2.05) is 4.90 Å². The highest BCUT2D eigenvalue weighted by Crippen LogP contribution is 2.31. The van der Waals surface area contributed by atoms with Crippen molar-refractivity contribution in [3.63, 3.8) is 0 Å². The van der Waals surface area contributed by atoms with Gasteiger partial charge in [-0.1, -0.05) is 12.1 Å². The number of nitro groups is 1. The van der Waals surface area contributed by atoms with Crippen LogP contribution in [0.4, 0.5) is 16.5 Å². The Balaban J connectivity index is 1.49. The summed E-state index contributed by atoms with van der Waals surface area (Å²) in [5.41, 5.74) is 2.32. The topological polar surface area (TPSA) is 124 Å². The summed E-state index contributed by atoms with van der Waals surface area (Å²) in [5.74, 6) is -0.921. The van der Waals surface area contributed by atoms with Crippen LogP contribution in [0.5, 0.6) is 0 Å². The van der Waals surface area contributed by atoms with Crippen LogP contribution in [0, 0.1) is 10.1 Å². The maximum absolute atomic E-state index is 12.7. The monoisotopic (exact) mass is 468 g/mol. The number of hydrogen-bond acceptors (Lipinski definition) is 9. The Labute approximate surface area is 192 Å². The van der Waals surface area contributed by atoms with Crippen molar-refractivity contribution in [3.8, 4) is 11.3 Å². The van der Waals surface area contributed by atoms with Gasteiger partial charge in [-0.15, -0.1) is 11.3 Å². The molecule has 0 bridgehead atoms. The number of nitrogens with one attached hydrogen (secondary N) is 1. The fourth-order valence-electron chi connectivity index (χ4n) is 3.41. The van der Waals surface area contributed by atoms with Gasteiger partial charge in [-0.05, 0) is 24.3 Å². The van der Waals surface area contributed by atoms with E-state index in [0.717, 1.165) is 5.56 Å². The molecule has 1 saturated heterocycles. The molecule has 0 radical (unpaired) electrons. The summed E-state index contributed by atoms with van der Waals surface area (Å²) in [7, 11) is 1.32. The Kier molecular flexibility index (Phi) is 6.61. The number of morpholine rings is 1. The molecule has 11 heteroatoms. The first kappa shape index (κ1) is 22.4.